The molecule has 0 bridgehead atoms. The number of imide groups is 1. The van der Waals surface area contributed by atoms with Crippen LogP contribution in [0.3, 0.4) is 0 Å². The van der Waals surface area contributed by atoms with E-state index in [0.717, 1.165) is 38.4 Å². The van der Waals surface area contributed by atoms with Crippen molar-refractivity contribution in [2.24, 2.45) is 5.92 Å². The van der Waals surface area contributed by atoms with Crippen molar-refractivity contribution >= 4 is 11.9 Å². The third-order valence-electron chi connectivity index (χ3n) is 4.31. The van der Waals surface area contributed by atoms with Crippen molar-refractivity contribution in [3.63, 3.8) is 0 Å². The largest absolute Gasteiger partial charge is 0.341 e. The fraction of sp³-hybridized carbons (Fsp3) is 0.857. The molecule has 1 unspecified atom stereocenters. The fourth-order valence-corrected chi connectivity index (χ4v) is 2.59. The molecule has 2 fully saturated rings. The molecular weight excluding hydrogens is 256 g/mol. The molecule has 0 aromatic rings. The second-order valence-electron chi connectivity index (χ2n) is 5.91. The SMILES string of the molecule is CNC(=O)NC(=O)C(C)N1CCC(NCC2CC2)CC1. The molecule has 2 rings (SSSR count). The van der Waals surface area contributed by atoms with Gasteiger partial charge in [-0.1, -0.05) is 0 Å². The minimum Gasteiger partial charge on any atom is -0.341 e. The summed E-state index contributed by atoms with van der Waals surface area (Å²) in [5.41, 5.74) is 0. The summed E-state index contributed by atoms with van der Waals surface area (Å²) in [7, 11) is 1.50. The highest BCUT2D eigenvalue weighted by Gasteiger charge is 2.28. The van der Waals surface area contributed by atoms with Crippen molar-refractivity contribution in [2.45, 2.75) is 44.7 Å². The van der Waals surface area contributed by atoms with Gasteiger partial charge in [-0.25, -0.2) is 4.79 Å². The van der Waals surface area contributed by atoms with Crippen LogP contribution in [0, 0.1) is 5.92 Å². The van der Waals surface area contributed by atoms with Crippen LogP contribution in [0.4, 0.5) is 4.79 Å². The number of piperidine rings is 1. The number of carbonyl (C=O) groups is 2. The van der Waals surface area contributed by atoms with E-state index in [-0.39, 0.29) is 11.9 Å². The number of amides is 3. The molecule has 0 aromatic heterocycles. The number of nitrogens with zero attached hydrogens (tertiary/aromatic N) is 1. The Labute approximate surface area is 120 Å². The second-order valence-corrected chi connectivity index (χ2v) is 5.91. The molecule has 6 nitrogen and oxygen atoms in total. The Morgan fingerprint density at radius 1 is 1.20 bits per heavy atom. The van der Waals surface area contributed by atoms with Gasteiger partial charge in [0.25, 0.3) is 0 Å². The highest BCUT2D eigenvalue weighted by Crippen LogP contribution is 2.28. The second kappa shape index (κ2) is 7.04. The molecule has 20 heavy (non-hydrogen) atoms. The van der Waals surface area contributed by atoms with E-state index in [2.05, 4.69) is 20.9 Å². The number of nitrogens with one attached hydrogen (secondary N) is 3. The monoisotopic (exact) mass is 282 g/mol. The highest BCUT2D eigenvalue weighted by molar-refractivity contribution is 5.96. The average Bonchev–Trinajstić information content (AvgIpc) is 3.29. The molecule has 3 N–H and O–H groups in total. The van der Waals surface area contributed by atoms with E-state index in [1.165, 1.54) is 19.9 Å². The van der Waals surface area contributed by atoms with Gasteiger partial charge in [-0.3, -0.25) is 15.0 Å². The van der Waals surface area contributed by atoms with Crippen molar-refractivity contribution in [3.8, 4) is 0 Å². The minimum absolute atomic E-state index is 0.228. The quantitative estimate of drug-likeness (QED) is 0.678. The van der Waals surface area contributed by atoms with E-state index in [4.69, 9.17) is 0 Å². The number of carbonyl (C=O) groups excluding carboxylic acids is 2. The Hall–Kier alpha value is -1.14. The summed E-state index contributed by atoms with van der Waals surface area (Å²) in [5.74, 6) is 0.680. The summed E-state index contributed by atoms with van der Waals surface area (Å²) in [6.07, 6.45) is 4.90. The molecule has 1 aliphatic carbocycles. The van der Waals surface area contributed by atoms with Crippen molar-refractivity contribution in [2.75, 3.05) is 26.7 Å². The van der Waals surface area contributed by atoms with E-state index >= 15 is 0 Å². The zero-order valence-electron chi connectivity index (χ0n) is 12.4. The van der Waals surface area contributed by atoms with Crippen LogP contribution in [0.2, 0.25) is 0 Å². The van der Waals surface area contributed by atoms with E-state index in [9.17, 15) is 9.59 Å². The van der Waals surface area contributed by atoms with Crippen LogP contribution in [-0.2, 0) is 4.79 Å². The Bertz CT molecular complexity index is 349. The van der Waals surface area contributed by atoms with Crippen LogP contribution in [0.5, 0.6) is 0 Å². The van der Waals surface area contributed by atoms with Crippen LogP contribution >= 0.6 is 0 Å². The molecule has 2 aliphatic rings. The molecule has 3 amide bonds. The summed E-state index contributed by atoms with van der Waals surface area (Å²) >= 11 is 0. The number of likely N-dealkylation sites (tertiary alicyclic amines) is 1. The first-order valence-electron chi connectivity index (χ1n) is 7.60. The normalized spacial score (nSPS) is 22.3. The van der Waals surface area contributed by atoms with Crippen LogP contribution in [0.15, 0.2) is 0 Å². The maximum Gasteiger partial charge on any atom is 0.321 e. The predicted molar refractivity (Wildman–Crippen MR) is 77.4 cm³/mol. The first-order chi connectivity index (χ1) is 9.60. The van der Waals surface area contributed by atoms with Gasteiger partial charge in [0, 0.05) is 26.2 Å². The molecule has 6 heteroatoms. The van der Waals surface area contributed by atoms with Gasteiger partial charge in [-0.15, -0.1) is 0 Å². The summed E-state index contributed by atoms with van der Waals surface area (Å²) in [6, 6.07) is -0.111. The number of urea groups is 1. The van der Waals surface area contributed by atoms with Gasteiger partial charge < -0.3 is 10.6 Å². The first-order valence-corrected chi connectivity index (χ1v) is 7.60. The van der Waals surface area contributed by atoms with Gasteiger partial charge in [-0.2, -0.15) is 0 Å². The van der Waals surface area contributed by atoms with E-state index in [0.29, 0.717) is 6.04 Å². The number of hydrogen-bond donors (Lipinski definition) is 3. The zero-order valence-corrected chi connectivity index (χ0v) is 12.4. The zero-order chi connectivity index (χ0) is 14.5. The third-order valence-corrected chi connectivity index (χ3v) is 4.31. The fourth-order valence-electron chi connectivity index (χ4n) is 2.59. The maximum absolute atomic E-state index is 11.9. The number of hydrogen-bond acceptors (Lipinski definition) is 4. The summed E-state index contributed by atoms with van der Waals surface area (Å²) in [4.78, 5) is 25.2. The van der Waals surface area contributed by atoms with E-state index in [1.807, 2.05) is 6.92 Å². The van der Waals surface area contributed by atoms with Gasteiger partial charge in [0.15, 0.2) is 0 Å². The standard InChI is InChI=1S/C14H26N4O2/c1-10(13(19)17-14(20)15-2)18-7-5-12(6-8-18)16-9-11-3-4-11/h10-12,16H,3-9H2,1-2H3,(H2,15,17,19,20). The van der Waals surface area contributed by atoms with Gasteiger partial charge in [-0.05, 0) is 45.1 Å². The molecule has 1 heterocycles. The molecular formula is C14H26N4O2. The van der Waals surface area contributed by atoms with Gasteiger partial charge in [0.05, 0.1) is 6.04 Å². The van der Waals surface area contributed by atoms with Crippen LogP contribution in [0.1, 0.15) is 32.6 Å². The summed E-state index contributed by atoms with van der Waals surface area (Å²) in [5, 5.41) is 8.36. The molecule has 114 valence electrons. The third kappa shape index (κ3) is 4.45. The Balaban J connectivity index is 1.68. The maximum atomic E-state index is 11.9. The smallest absolute Gasteiger partial charge is 0.321 e. The molecule has 1 atom stereocenters. The van der Waals surface area contributed by atoms with Crippen molar-refractivity contribution in [1.29, 1.82) is 0 Å². The van der Waals surface area contributed by atoms with Crippen LogP contribution in [-0.4, -0.2) is 55.6 Å². The predicted octanol–water partition coefficient (Wildman–Crippen LogP) is 0.295. The van der Waals surface area contributed by atoms with Crippen molar-refractivity contribution in [3.05, 3.63) is 0 Å². The Kier molecular flexibility index (Phi) is 5.37. The van der Waals surface area contributed by atoms with Gasteiger partial charge in [0.1, 0.15) is 0 Å². The Morgan fingerprint density at radius 3 is 2.40 bits per heavy atom. The lowest BCUT2D eigenvalue weighted by Gasteiger charge is -2.35. The minimum atomic E-state index is -0.442. The summed E-state index contributed by atoms with van der Waals surface area (Å²) < 4.78 is 0. The van der Waals surface area contributed by atoms with Crippen LogP contribution < -0.4 is 16.0 Å². The van der Waals surface area contributed by atoms with E-state index < -0.39 is 6.03 Å². The van der Waals surface area contributed by atoms with Crippen molar-refractivity contribution < 1.29 is 9.59 Å². The van der Waals surface area contributed by atoms with E-state index in [1.54, 1.807) is 0 Å². The number of rotatable bonds is 5. The lowest BCUT2D eigenvalue weighted by Crippen LogP contribution is -2.53. The van der Waals surface area contributed by atoms with Gasteiger partial charge in [0.2, 0.25) is 5.91 Å². The topological polar surface area (TPSA) is 73.5 Å². The van der Waals surface area contributed by atoms with Crippen molar-refractivity contribution in [1.82, 2.24) is 20.9 Å². The molecule has 0 spiro atoms. The molecule has 1 saturated carbocycles. The molecule has 0 radical (unpaired) electrons. The lowest BCUT2D eigenvalue weighted by atomic mass is 10.0. The highest BCUT2D eigenvalue weighted by atomic mass is 16.2. The Morgan fingerprint density at radius 2 is 1.85 bits per heavy atom. The van der Waals surface area contributed by atoms with Crippen LogP contribution in [0.25, 0.3) is 0 Å². The van der Waals surface area contributed by atoms with Gasteiger partial charge >= 0.3 is 6.03 Å². The molecule has 1 aliphatic heterocycles. The first kappa shape index (κ1) is 15.3. The average molecular weight is 282 g/mol. The molecule has 1 saturated heterocycles. The lowest BCUT2D eigenvalue weighted by molar-refractivity contribution is -0.125. The summed E-state index contributed by atoms with van der Waals surface area (Å²) in [6.45, 7) is 4.82. The molecule has 0 aromatic carbocycles.